The Morgan fingerprint density at radius 1 is 1.45 bits per heavy atom. The van der Waals surface area contributed by atoms with E-state index < -0.39 is 15.8 Å². The summed E-state index contributed by atoms with van der Waals surface area (Å²) in [6.45, 7) is 2.01. The minimum Gasteiger partial charge on any atom is -0.395 e. The molecule has 0 fully saturated rings. The molecular weight excluding hydrogens is 301 g/mol. The number of sulfonamides is 1. The van der Waals surface area contributed by atoms with Crippen LogP contribution in [0.2, 0.25) is 0 Å². The van der Waals surface area contributed by atoms with Crippen LogP contribution in [0, 0.1) is 12.7 Å². The zero-order valence-corrected chi connectivity index (χ0v) is 12.6. The molecule has 2 N–H and O–H groups in total. The summed E-state index contributed by atoms with van der Waals surface area (Å²) in [6.07, 6.45) is 1.63. The van der Waals surface area contributed by atoms with Crippen LogP contribution in [0.4, 0.5) is 10.1 Å². The molecule has 0 spiro atoms. The number of nitrogens with zero attached hydrogens (tertiary/aromatic N) is 2. The molecule has 5 nitrogen and oxygen atoms in total. The van der Waals surface area contributed by atoms with Crippen LogP contribution in [-0.4, -0.2) is 24.8 Å². The van der Waals surface area contributed by atoms with E-state index in [1.54, 1.807) is 6.20 Å². The number of hydrogen-bond donors (Lipinski definition) is 1. The highest BCUT2D eigenvalue weighted by atomic mass is 32.2. The fourth-order valence-corrected chi connectivity index (χ4v) is 3.89. The van der Waals surface area contributed by atoms with Gasteiger partial charge < -0.3 is 5.73 Å². The highest BCUT2D eigenvalue weighted by Gasteiger charge is 2.25. The molecule has 1 heterocycles. The van der Waals surface area contributed by atoms with Crippen molar-refractivity contribution in [1.29, 1.82) is 0 Å². The largest absolute Gasteiger partial charge is 0.395 e. The number of aryl methyl sites for hydroxylation is 1. The summed E-state index contributed by atoms with van der Waals surface area (Å²) in [4.78, 5) is 4.66. The molecule has 0 aliphatic heterocycles. The lowest BCUT2D eigenvalue weighted by Gasteiger charge is -2.17. The van der Waals surface area contributed by atoms with Gasteiger partial charge in [-0.05, 0) is 19.1 Å². The normalized spacial score (nSPS) is 12.0. The molecule has 0 bridgehead atoms. The van der Waals surface area contributed by atoms with Crippen LogP contribution in [0.1, 0.15) is 9.88 Å². The smallest absolute Gasteiger partial charge is 0.245 e. The minimum absolute atomic E-state index is 0.170. The second-order valence-electron chi connectivity index (χ2n) is 4.26. The molecule has 0 saturated carbocycles. The third-order valence-electron chi connectivity index (χ3n) is 2.75. The first-order chi connectivity index (χ1) is 9.32. The topological polar surface area (TPSA) is 76.3 Å². The number of hydrogen-bond acceptors (Lipinski definition) is 5. The van der Waals surface area contributed by atoms with Crippen molar-refractivity contribution < 1.29 is 12.8 Å². The SMILES string of the molecule is Cc1ncc(CN(C)S(=O)(=O)c2cccc(F)c2N)s1. The molecule has 0 radical (unpaired) electrons. The molecule has 1 aromatic heterocycles. The molecule has 1 aromatic carbocycles. The fourth-order valence-electron chi connectivity index (χ4n) is 1.69. The van der Waals surface area contributed by atoms with E-state index in [1.807, 2.05) is 6.92 Å². The molecule has 0 aliphatic rings. The summed E-state index contributed by atoms with van der Waals surface area (Å²) in [7, 11) is -2.41. The highest BCUT2D eigenvalue weighted by Crippen LogP contribution is 2.25. The van der Waals surface area contributed by atoms with Gasteiger partial charge in [-0.25, -0.2) is 17.8 Å². The fraction of sp³-hybridized carbons (Fsp3) is 0.250. The van der Waals surface area contributed by atoms with Gasteiger partial charge in [0.1, 0.15) is 10.7 Å². The summed E-state index contributed by atoms with van der Waals surface area (Å²) in [5.41, 5.74) is 5.15. The number of anilines is 1. The first-order valence-corrected chi connectivity index (χ1v) is 7.99. The van der Waals surface area contributed by atoms with Gasteiger partial charge in [-0.1, -0.05) is 6.07 Å². The van der Waals surface area contributed by atoms with Crippen LogP contribution in [0.25, 0.3) is 0 Å². The van der Waals surface area contributed by atoms with Crippen molar-refractivity contribution in [3.63, 3.8) is 0 Å². The van der Waals surface area contributed by atoms with Crippen molar-refractivity contribution in [3.05, 3.63) is 40.1 Å². The maximum Gasteiger partial charge on any atom is 0.245 e. The molecule has 108 valence electrons. The molecule has 0 atom stereocenters. The molecule has 8 heteroatoms. The Bertz CT molecular complexity index is 728. The third-order valence-corrected chi connectivity index (χ3v) is 5.51. The zero-order valence-electron chi connectivity index (χ0n) is 11.0. The molecule has 20 heavy (non-hydrogen) atoms. The average Bonchev–Trinajstić information content (AvgIpc) is 2.78. The number of benzene rings is 1. The number of rotatable bonds is 4. The quantitative estimate of drug-likeness (QED) is 0.876. The number of halogens is 1. The van der Waals surface area contributed by atoms with E-state index in [2.05, 4.69) is 4.98 Å². The summed E-state index contributed by atoms with van der Waals surface area (Å²) in [6, 6.07) is 3.74. The predicted molar refractivity (Wildman–Crippen MR) is 76.3 cm³/mol. The Kier molecular flexibility index (Phi) is 4.07. The van der Waals surface area contributed by atoms with Crippen LogP contribution < -0.4 is 5.73 Å². The van der Waals surface area contributed by atoms with Crippen molar-refractivity contribution in [2.24, 2.45) is 0 Å². The maximum atomic E-state index is 13.4. The van der Waals surface area contributed by atoms with E-state index in [-0.39, 0.29) is 17.1 Å². The van der Waals surface area contributed by atoms with E-state index in [0.29, 0.717) is 0 Å². The highest BCUT2D eigenvalue weighted by molar-refractivity contribution is 7.89. The summed E-state index contributed by atoms with van der Waals surface area (Å²) in [5, 5.41) is 0.857. The summed E-state index contributed by atoms with van der Waals surface area (Å²) >= 11 is 1.41. The van der Waals surface area contributed by atoms with Gasteiger partial charge in [0, 0.05) is 24.7 Å². The second kappa shape index (κ2) is 5.47. The number of nitrogens with two attached hydrogens (primary N) is 1. The first kappa shape index (κ1) is 14.9. The van der Waals surface area contributed by atoms with Crippen LogP contribution >= 0.6 is 11.3 Å². The number of thiazole rings is 1. The van der Waals surface area contributed by atoms with Crippen molar-refractivity contribution in [1.82, 2.24) is 9.29 Å². The molecule has 0 unspecified atom stereocenters. The predicted octanol–water partition coefficient (Wildman–Crippen LogP) is 1.99. The lowest BCUT2D eigenvalue weighted by molar-refractivity contribution is 0.469. The van der Waals surface area contributed by atoms with Gasteiger partial charge in [0.15, 0.2) is 0 Å². The van der Waals surface area contributed by atoms with Gasteiger partial charge in [-0.15, -0.1) is 11.3 Å². The molecule has 0 saturated heterocycles. The van der Waals surface area contributed by atoms with Crippen LogP contribution in [0.15, 0.2) is 29.3 Å². The van der Waals surface area contributed by atoms with E-state index in [4.69, 9.17) is 5.73 Å². The Hall–Kier alpha value is -1.51. The van der Waals surface area contributed by atoms with Gasteiger partial charge in [-0.3, -0.25) is 0 Å². The number of aromatic nitrogens is 1. The molecule has 2 aromatic rings. The molecule has 2 rings (SSSR count). The summed E-state index contributed by atoms with van der Waals surface area (Å²) < 4.78 is 39.3. The standard InChI is InChI=1S/C12H14FN3O2S2/c1-8-15-6-9(19-8)7-16(2)20(17,18)11-5-3-4-10(13)12(11)14/h3-6H,7,14H2,1-2H3. The summed E-state index contributed by atoms with van der Waals surface area (Å²) in [5.74, 6) is -0.742. The van der Waals surface area contributed by atoms with E-state index >= 15 is 0 Å². The van der Waals surface area contributed by atoms with Crippen LogP contribution in [-0.2, 0) is 16.6 Å². The van der Waals surface area contributed by atoms with Gasteiger partial charge in [0.25, 0.3) is 0 Å². The van der Waals surface area contributed by atoms with Gasteiger partial charge in [0.2, 0.25) is 10.0 Å². The van der Waals surface area contributed by atoms with Crippen molar-refractivity contribution in [3.8, 4) is 0 Å². The van der Waals surface area contributed by atoms with Gasteiger partial charge in [-0.2, -0.15) is 4.31 Å². The minimum atomic E-state index is -3.83. The first-order valence-electron chi connectivity index (χ1n) is 5.74. The number of para-hydroxylation sites is 1. The van der Waals surface area contributed by atoms with E-state index in [9.17, 15) is 12.8 Å². The van der Waals surface area contributed by atoms with Crippen molar-refractivity contribution >= 4 is 27.0 Å². The lowest BCUT2D eigenvalue weighted by Crippen LogP contribution is -2.27. The van der Waals surface area contributed by atoms with Gasteiger partial charge in [0.05, 0.1) is 10.7 Å². The maximum absolute atomic E-state index is 13.4. The van der Waals surface area contributed by atoms with Crippen LogP contribution in [0.5, 0.6) is 0 Å². The monoisotopic (exact) mass is 315 g/mol. The number of nitrogen functional groups attached to an aromatic ring is 1. The lowest BCUT2D eigenvalue weighted by atomic mass is 10.3. The average molecular weight is 315 g/mol. The van der Waals surface area contributed by atoms with Gasteiger partial charge >= 0.3 is 0 Å². The van der Waals surface area contributed by atoms with Crippen molar-refractivity contribution in [2.45, 2.75) is 18.4 Å². The Labute approximate surface area is 120 Å². The second-order valence-corrected chi connectivity index (χ2v) is 7.59. The molecule has 0 amide bonds. The third kappa shape index (κ3) is 2.82. The molecule has 0 aliphatic carbocycles. The molecular formula is C12H14FN3O2S2. The van der Waals surface area contributed by atoms with Crippen molar-refractivity contribution in [2.75, 3.05) is 12.8 Å². The Morgan fingerprint density at radius 2 is 2.15 bits per heavy atom. The Balaban J connectivity index is 2.32. The van der Waals surface area contributed by atoms with Crippen LogP contribution in [0.3, 0.4) is 0 Å². The van der Waals surface area contributed by atoms with E-state index in [0.717, 1.165) is 20.3 Å². The van der Waals surface area contributed by atoms with E-state index in [1.165, 1.54) is 30.5 Å². The Morgan fingerprint density at radius 3 is 2.75 bits per heavy atom. The zero-order chi connectivity index (χ0) is 14.9.